The summed E-state index contributed by atoms with van der Waals surface area (Å²) in [6.45, 7) is 1.37. The Labute approximate surface area is 58.5 Å². The number of ketones is 2. The Morgan fingerprint density at radius 1 is 1.70 bits per heavy atom. The number of hydrogen-bond acceptors (Lipinski definition) is 3. The smallest absolute Gasteiger partial charge is 0.173 e. The molecule has 0 N–H and O–H groups in total. The second-order valence-electron chi connectivity index (χ2n) is 2.06. The number of Topliss-reactive ketones (excluding diaryl/α,β-unsaturated/α-hetero) is 2. The van der Waals surface area contributed by atoms with Crippen LogP contribution >= 0.6 is 0 Å². The highest BCUT2D eigenvalue weighted by molar-refractivity contribution is 6.22. The molecule has 0 aromatic carbocycles. The van der Waals surface area contributed by atoms with Gasteiger partial charge < -0.3 is 0 Å². The van der Waals surface area contributed by atoms with E-state index in [9.17, 15) is 9.59 Å². The standard InChI is InChI=1S/C7H7NO2/c1-5(9)6-4-8-3-2-7(6)10/h3-4H,2H2,1H3. The van der Waals surface area contributed by atoms with Gasteiger partial charge >= 0.3 is 0 Å². The van der Waals surface area contributed by atoms with Gasteiger partial charge in [-0.3, -0.25) is 14.6 Å². The van der Waals surface area contributed by atoms with Crippen LogP contribution in [0, 0.1) is 0 Å². The number of rotatable bonds is 1. The minimum absolute atomic E-state index is 0.137. The fourth-order valence-corrected chi connectivity index (χ4v) is 0.732. The molecule has 1 rings (SSSR count). The van der Waals surface area contributed by atoms with E-state index >= 15 is 0 Å². The van der Waals surface area contributed by atoms with Crippen LogP contribution in [-0.4, -0.2) is 17.8 Å². The molecule has 0 amide bonds. The van der Waals surface area contributed by atoms with Crippen molar-refractivity contribution in [1.82, 2.24) is 0 Å². The summed E-state index contributed by atoms with van der Waals surface area (Å²) in [6, 6.07) is 0. The van der Waals surface area contributed by atoms with Gasteiger partial charge in [0.2, 0.25) is 0 Å². The van der Waals surface area contributed by atoms with Crippen molar-refractivity contribution in [1.29, 1.82) is 0 Å². The first-order valence-corrected chi connectivity index (χ1v) is 2.98. The second-order valence-corrected chi connectivity index (χ2v) is 2.06. The predicted molar refractivity (Wildman–Crippen MR) is 36.9 cm³/mol. The minimum atomic E-state index is -0.207. The summed E-state index contributed by atoms with van der Waals surface area (Å²) in [6.07, 6.45) is 3.06. The van der Waals surface area contributed by atoms with E-state index in [0.717, 1.165) is 0 Å². The molecule has 0 saturated carbocycles. The normalized spacial score (nSPS) is 16.9. The zero-order valence-electron chi connectivity index (χ0n) is 5.63. The molecule has 0 bridgehead atoms. The molecule has 0 fully saturated rings. The van der Waals surface area contributed by atoms with Gasteiger partial charge in [0.1, 0.15) is 0 Å². The topological polar surface area (TPSA) is 46.5 Å². The first kappa shape index (κ1) is 6.86. The SMILES string of the molecule is CC(=O)C1=CN=CCC1=O. The van der Waals surface area contributed by atoms with Crippen LogP contribution in [0.5, 0.6) is 0 Å². The summed E-state index contributed by atoms with van der Waals surface area (Å²) in [5.41, 5.74) is 0.211. The van der Waals surface area contributed by atoms with Crippen molar-refractivity contribution in [3.8, 4) is 0 Å². The van der Waals surface area contributed by atoms with Crippen LogP contribution in [0.25, 0.3) is 0 Å². The highest BCUT2D eigenvalue weighted by atomic mass is 16.1. The Hall–Kier alpha value is -1.25. The molecule has 0 aromatic heterocycles. The fraction of sp³-hybridized carbons (Fsp3) is 0.286. The molecular formula is C7H7NO2. The van der Waals surface area contributed by atoms with E-state index < -0.39 is 0 Å². The van der Waals surface area contributed by atoms with Crippen LogP contribution in [0.3, 0.4) is 0 Å². The first-order valence-electron chi connectivity index (χ1n) is 2.98. The van der Waals surface area contributed by atoms with Crippen molar-refractivity contribution in [3.05, 3.63) is 11.8 Å². The predicted octanol–water partition coefficient (Wildman–Crippen LogP) is 0.503. The maximum atomic E-state index is 10.9. The van der Waals surface area contributed by atoms with E-state index in [1.54, 1.807) is 0 Å². The van der Waals surface area contributed by atoms with E-state index in [1.165, 1.54) is 19.3 Å². The lowest BCUT2D eigenvalue weighted by atomic mass is 10.1. The van der Waals surface area contributed by atoms with Crippen LogP contribution in [-0.2, 0) is 9.59 Å². The molecule has 10 heavy (non-hydrogen) atoms. The zero-order chi connectivity index (χ0) is 7.56. The van der Waals surface area contributed by atoms with Crippen LogP contribution in [0.15, 0.2) is 16.8 Å². The van der Waals surface area contributed by atoms with E-state index in [0.29, 0.717) is 0 Å². The highest BCUT2D eigenvalue weighted by Crippen LogP contribution is 2.05. The quantitative estimate of drug-likeness (QED) is 0.494. The van der Waals surface area contributed by atoms with Crippen LogP contribution in [0.1, 0.15) is 13.3 Å². The average Bonchev–Trinajstić information content (AvgIpc) is 1.88. The molecule has 52 valence electrons. The Morgan fingerprint density at radius 2 is 2.40 bits per heavy atom. The Morgan fingerprint density at radius 3 is 2.80 bits per heavy atom. The second kappa shape index (κ2) is 2.56. The van der Waals surface area contributed by atoms with Crippen molar-refractivity contribution in [3.63, 3.8) is 0 Å². The lowest BCUT2D eigenvalue weighted by Gasteiger charge is -2.01. The lowest BCUT2D eigenvalue weighted by molar-refractivity contribution is -0.119. The molecule has 3 heteroatoms. The third-order valence-electron chi connectivity index (χ3n) is 1.27. The molecule has 0 aliphatic carbocycles. The number of aliphatic imine (C=N–C) groups is 1. The molecule has 1 heterocycles. The molecule has 0 spiro atoms. The van der Waals surface area contributed by atoms with Gasteiger partial charge in [-0.1, -0.05) is 0 Å². The average molecular weight is 137 g/mol. The van der Waals surface area contributed by atoms with Crippen molar-refractivity contribution in [2.45, 2.75) is 13.3 Å². The van der Waals surface area contributed by atoms with Crippen LogP contribution in [0.4, 0.5) is 0 Å². The summed E-state index contributed by atoms with van der Waals surface area (Å²) in [5, 5.41) is 0. The molecule has 1 aliphatic rings. The minimum Gasteiger partial charge on any atom is -0.294 e. The van der Waals surface area contributed by atoms with E-state index in [4.69, 9.17) is 0 Å². The van der Waals surface area contributed by atoms with Gasteiger partial charge in [0.15, 0.2) is 11.6 Å². The monoisotopic (exact) mass is 137 g/mol. The van der Waals surface area contributed by atoms with Gasteiger partial charge in [-0.05, 0) is 6.92 Å². The van der Waals surface area contributed by atoms with Gasteiger partial charge in [-0.2, -0.15) is 0 Å². The summed E-state index contributed by atoms with van der Waals surface area (Å²) < 4.78 is 0. The van der Waals surface area contributed by atoms with Crippen molar-refractivity contribution < 1.29 is 9.59 Å². The Kier molecular flexibility index (Phi) is 1.76. The van der Waals surface area contributed by atoms with Gasteiger partial charge in [0.25, 0.3) is 0 Å². The molecule has 3 nitrogen and oxygen atoms in total. The number of nitrogens with zero attached hydrogens (tertiary/aromatic N) is 1. The third-order valence-corrected chi connectivity index (χ3v) is 1.27. The Bertz CT molecular complexity index is 238. The van der Waals surface area contributed by atoms with Crippen molar-refractivity contribution in [2.75, 3.05) is 0 Å². The molecule has 1 aliphatic heterocycles. The molecule has 0 radical (unpaired) electrons. The van der Waals surface area contributed by atoms with Crippen molar-refractivity contribution in [2.24, 2.45) is 4.99 Å². The highest BCUT2D eigenvalue weighted by Gasteiger charge is 2.14. The van der Waals surface area contributed by atoms with E-state index in [1.807, 2.05) is 0 Å². The molecule has 0 unspecified atom stereocenters. The van der Waals surface area contributed by atoms with Gasteiger partial charge in [0, 0.05) is 18.8 Å². The third kappa shape index (κ3) is 1.18. The van der Waals surface area contributed by atoms with E-state index in [-0.39, 0.29) is 23.6 Å². The van der Waals surface area contributed by atoms with E-state index in [2.05, 4.69) is 4.99 Å². The van der Waals surface area contributed by atoms with Crippen LogP contribution < -0.4 is 0 Å². The number of carbonyl (C=O) groups excluding carboxylic acids is 2. The molecule has 0 atom stereocenters. The largest absolute Gasteiger partial charge is 0.294 e. The fourth-order valence-electron chi connectivity index (χ4n) is 0.732. The number of hydrogen-bond donors (Lipinski definition) is 0. The number of allylic oxidation sites excluding steroid dienone is 1. The van der Waals surface area contributed by atoms with Crippen molar-refractivity contribution >= 4 is 17.8 Å². The lowest BCUT2D eigenvalue weighted by Crippen LogP contribution is -2.12. The van der Waals surface area contributed by atoms with Gasteiger partial charge in [-0.25, -0.2) is 0 Å². The maximum Gasteiger partial charge on any atom is 0.173 e. The van der Waals surface area contributed by atoms with Gasteiger partial charge in [0.05, 0.1) is 5.57 Å². The molecular weight excluding hydrogens is 130 g/mol. The summed E-state index contributed by atoms with van der Waals surface area (Å²) in [4.78, 5) is 25.2. The Balaban J connectivity index is 2.91. The molecule has 0 aromatic rings. The number of carbonyl (C=O) groups is 2. The maximum absolute atomic E-state index is 10.9. The van der Waals surface area contributed by atoms with Gasteiger partial charge in [-0.15, -0.1) is 0 Å². The zero-order valence-corrected chi connectivity index (χ0v) is 5.63. The molecule has 0 saturated heterocycles. The summed E-state index contributed by atoms with van der Waals surface area (Å²) in [7, 11) is 0. The first-order chi connectivity index (χ1) is 4.72. The summed E-state index contributed by atoms with van der Waals surface area (Å²) >= 11 is 0. The van der Waals surface area contributed by atoms with Crippen LogP contribution in [0.2, 0.25) is 0 Å². The summed E-state index contributed by atoms with van der Waals surface area (Å²) in [5.74, 6) is -0.343.